The number of piperazine rings is 1. The summed E-state index contributed by atoms with van der Waals surface area (Å²) in [5.74, 6) is 0.332. The molecular formula is C25H24N4O3. The second-order valence-corrected chi connectivity index (χ2v) is 7.90. The molecule has 2 aromatic carbocycles. The summed E-state index contributed by atoms with van der Waals surface area (Å²) >= 11 is 0. The number of rotatable bonds is 5. The molecule has 7 nitrogen and oxygen atoms in total. The van der Waals surface area contributed by atoms with Crippen LogP contribution in [0.4, 0.5) is 5.82 Å². The van der Waals surface area contributed by atoms with Crippen LogP contribution in [0, 0.1) is 18.3 Å². The number of carbonyl (C=O) groups is 2. The molecule has 1 aromatic heterocycles. The molecule has 2 heterocycles. The van der Waals surface area contributed by atoms with Crippen molar-refractivity contribution < 1.29 is 14.3 Å². The lowest BCUT2D eigenvalue weighted by Gasteiger charge is -2.33. The Morgan fingerprint density at radius 2 is 2.00 bits per heavy atom. The monoisotopic (exact) mass is 428 g/mol. The Kier molecular flexibility index (Phi) is 6.15. The van der Waals surface area contributed by atoms with Crippen molar-refractivity contribution in [1.82, 2.24) is 9.88 Å². The van der Waals surface area contributed by atoms with Crippen LogP contribution in [-0.4, -0.2) is 55.0 Å². The molecule has 4 rings (SSSR count). The molecular weight excluding hydrogens is 404 g/mol. The van der Waals surface area contributed by atoms with E-state index in [1.165, 1.54) is 7.11 Å². The maximum absolute atomic E-state index is 12.8. The van der Waals surface area contributed by atoms with Gasteiger partial charge in [0.05, 0.1) is 36.4 Å². The van der Waals surface area contributed by atoms with E-state index in [1.807, 2.05) is 37.3 Å². The molecule has 1 fully saturated rings. The van der Waals surface area contributed by atoms with Gasteiger partial charge in [0.25, 0.3) is 0 Å². The lowest BCUT2D eigenvalue weighted by molar-refractivity contribution is -0.121. The highest BCUT2D eigenvalue weighted by molar-refractivity contribution is 5.96. The number of nitrogens with zero attached hydrogens (tertiary/aromatic N) is 4. The first-order valence-corrected chi connectivity index (χ1v) is 10.5. The van der Waals surface area contributed by atoms with Gasteiger partial charge in [0.1, 0.15) is 5.82 Å². The van der Waals surface area contributed by atoms with Crippen LogP contribution in [0.15, 0.2) is 48.5 Å². The molecule has 0 saturated carbocycles. The number of hydrogen-bond donors (Lipinski definition) is 0. The zero-order chi connectivity index (χ0) is 22.7. The Morgan fingerprint density at radius 1 is 1.16 bits per heavy atom. The Hall–Kier alpha value is -3.76. The standard InChI is InChI=1S/C25H24N4O3/c1-17-13-18(3-6-21(17)25(31)32-2)9-10-28-11-12-29(24(30)16-28)23-8-5-20-14-19(15-26)4-7-22(20)27-23/h3-8,13-14H,9-12,16H2,1-2H3. The quantitative estimate of drug-likeness (QED) is 0.581. The van der Waals surface area contributed by atoms with Gasteiger partial charge in [-0.1, -0.05) is 12.1 Å². The molecule has 0 aliphatic carbocycles. The second kappa shape index (κ2) is 9.16. The smallest absolute Gasteiger partial charge is 0.338 e. The number of aryl methyl sites for hydroxylation is 1. The van der Waals surface area contributed by atoms with E-state index in [0.717, 1.165) is 41.5 Å². The zero-order valence-corrected chi connectivity index (χ0v) is 18.2. The van der Waals surface area contributed by atoms with Crippen molar-refractivity contribution in [1.29, 1.82) is 5.26 Å². The van der Waals surface area contributed by atoms with Crippen LogP contribution in [0.1, 0.15) is 27.0 Å². The molecule has 7 heteroatoms. The third kappa shape index (κ3) is 4.46. The van der Waals surface area contributed by atoms with E-state index in [2.05, 4.69) is 16.0 Å². The molecule has 0 unspecified atom stereocenters. The minimum Gasteiger partial charge on any atom is -0.465 e. The molecule has 0 N–H and O–H groups in total. The fraction of sp³-hybridized carbons (Fsp3) is 0.280. The van der Waals surface area contributed by atoms with Crippen LogP contribution in [0.25, 0.3) is 10.9 Å². The SMILES string of the molecule is COC(=O)c1ccc(CCN2CCN(c3ccc4cc(C#N)ccc4n3)C(=O)C2)cc1C. The first kappa shape index (κ1) is 21.5. The fourth-order valence-electron chi connectivity index (χ4n) is 4.00. The van der Waals surface area contributed by atoms with Gasteiger partial charge < -0.3 is 4.74 Å². The van der Waals surface area contributed by atoms with E-state index < -0.39 is 0 Å². The predicted octanol–water partition coefficient (Wildman–Crippen LogP) is 3.09. The number of ether oxygens (including phenoxy) is 1. The fourth-order valence-corrected chi connectivity index (χ4v) is 4.00. The van der Waals surface area contributed by atoms with Crippen molar-refractivity contribution in [3.63, 3.8) is 0 Å². The van der Waals surface area contributed by atoms with E-state index in [1.54, 1.807) is 23.1 Å². The zero-order valence-electron chi connectivity index (χ0n) is 18.2. The molecule has 3 aromatic rings. The highest BCUT2D eigenvalue weighted by Gasteiger charge is 2.25. The summed E-state index contributed by atoms with van der Waals surface area (Å²) in [4.78, 5) is 33.0. The van der Waals surface area contributed by atoms with Gasteiger partial charge in [0.2, 0.25) is 5.91 Å². The minimum atomic E-state index is -0.330. The van der Waals surface area contributed by atoms with E-state index in [4.69, 9.17) is 10.00 Å². The third-order valence-electron chi connectivity index (χ3n) is 5.79. The second-order valence-electron chi connectivity index (χ2n) is 7.90. The van der Waals surface area contributed by atoms with Crippen LogP contribution in [0.3, 0.4) is 0 Å². The van der Waals surface area contributed by atoms with E-state index in [9.17, 15) is 9.59 Å². The molecule has 0 spiro atoms. The highest BCUT2D eigenvalue weighted by Crippen LogP contribution is 2.21. The Balaban J connectivity index is 1.38. The summed E-state index contributed by atoms with van der Waals surface area (Å²) in [7, 11) is 1.38. The molecule has 1 amide bonds. The van der Waals surface area contributed by atoms with E-state index in [-0.39, 0.29) is 11.9 Å². The number of aromatic nitrogens is 1. The lowest BCUT2D eigenvalue weighted by Crippen LogP contribution is -2.51. The van der Waals surface area contributed by atoms with Gasteiger partial charge in [-0.05, 0) is 60.9 Å². The predicted molar refractivity (Wildman–Crippen MR) is 121 cm³/mol. The number of methoxy groups -OCH3 is 1. The van der Waals surface area contributed by atoms with Crippen molar-refractivity contribution >= 4 is 28.6 Å². The first-order chi connectivity index (χ1) is 15.5. The topological polar surface area (TPSA) is 86.5 Å². The van der Waals surface area contributed by atoms with Crippen molar-refractivity contribution in [3.05, 3.63) is 70.8 Å². The molecule has 0 radical (unpaired) electrons. The number of carbonyl (C=O) groups excluding carboxylic acids is 2. The number of fused-ring (bicyclic) bond motifs is 1. The summed E-state index contributed by atoms with van der Waals surface area (Å²) in [6.07, 6.45) is 0.797. The summed E-state index contributed by atoms with van der Waals surface area (Å²) in [5.41, 5.74) is 3.94. The minimum absolute atomic E-state index is 0.0222. The third-order valence-corrected chi connectivity index (χ3v) is 5.79. The number of pyridine rings is 1. The lowest BCUT2D eigenvalue weighted by atomic mass is 10.0. The van der Waals surface area contributed by atoms with Crippen molar-refractivity contribution in [2.24, 2.45) is 0 Å². The summed E-state index contributed by atoms with van der Waals surface area (Å²) < 4.78 is 4.80. The Labute approximate surface area is 186 Å². The first-order valence-electron chi connectivity index (χ1n) is 10.5. The largest absolute Gasteiger partial charge is 0.465 e. The molecule has 0 bridgehead atoms. The molecule has 1 aliphatic rings. The van der Waals surface area contributed by atoms with Gasteiger partial charge >= 0.3 is 5.97 Å². The Bertz CT molecular complexity index is 1230. The number of benzene rings is 2. The summed E-state index contributed by atoms with van der Waals surface area (Å²) in [6.45, 7) is 4.34. The van der Waals surface area contributed by atoms with E-state index >= 15 is 0 Å². The average Bonchev–Trinajstić information content (AvgIpc) is 2.81. The average molecular weight is 428 g/mol. The molecule has 32 heavy (non-hydrogen) atoms. The van der Waals surface area contributed by atoms with Gasteiger partial charge in [0.15, 0.2) is 0 Å². The van der Waals surface area contributed by atoms with Gasteiger partial charge in [0, 0.05) is 25.0 Å². The number of esters is 1. The molecule has 162 valence electrons. The maximum Gasteiger partial charge on any atom is 0.338 e. The maximum atomic E-state index is 12.8. The molecule has 0 atom stereocenters. The Morgan fingerprint density at radius 3 is 2.72 bits per heavy atom. The van der Waals surface area contributed by atoms with Gasteiger partial charge in [-0.25, -0.2) is 9.78 Å². The van der Waals surface area contributed by atoms with Crippen LogP contribution in [0.2, 0.25) is 0 Å². The van der Waals surface area contributed by atoms with Crippen LogP contribution < -0.4 is 4.90 Å². The molecule has 1 saturated heterocycles. The summed E-state index contributed by atoms with van der Waals surface area (Å²) in [5, 5.41) is 9.92. The normalized spacial score (nSPS) is 14.4. The van der Waals surface area contributed by atoms with Gasteiger partial charge in [-0.3, -0.25) is 14.6 Å². The van der Waals surface area contributed by atoms with Crippen LogP contribution in [0.5, 0.6) is 0 Å². The van der Waals surface area contributed by atoms with Crippen LogP contribution >= 0.6 is 0 Å². The molecule has 1 aliphatic heterocycles. The summed E-state index contributed by atoms with van der Waals surface area (Å²) in [6, 6.07) is 16.9. The van der Waals surface area contributed by atoms with Crippen molar-refractivity contribution in [2.45, 2.75) is 13.3 Å². The number of hydrogen-bond acceptors (Lipinski definition) is 6. The van der Waals surface area contributed by atoms with Crippen molar-refractivity contribution in [3.8, 4) is 6.07 Å². The number of nitriles is 1. The van der Waals surface area contributed by atoms with E-state index in [0.29, 0.717) is 30.0 Å². The highest BCUT2D eigenvalue weighted by atomic mass is 16.5. The number of amides is 1. The van der Waals surface area contributed by atoms with Crippen LogP contribution in [-0.2, 0) is 16.0 Å². The number of anilines is 1. The van der Waals surface area contributed by atoms with Crippen molar-refractivity contribution in [2.75, 3.05) is 38.2 Å². The van der Waals surface area contributed by atoms with Gasteiger partial charge in [-0.15, -0.1) is 0 Å². The van der Waals surface area contributed by atoms with Gasteiger partial charge in [-0.2, -0.15) is 5.26 Å².